The van der Waals surface area contributed by atoms with Crippen LogP contribution in [0.15, 0.2) is 24.3 Å². The Kier molecular flexibility index (Phi) is 8.32. The van der Waals surface area contributed by atoms with Gasteiger partial charge in [-0.25, -0.2) is 0 Å². The molecule has 0 amide bonds. The molecule has 0 aliphatic rings. The molecular formula is C8H14IP5. The minimum Gasteiger partial charge on any atom is -0.109 e. The van der Waals surface area contributed by atoms with E-state index in [2.05, 4.69) is 64.7 Å². The first kappa shape index (κ1) is 14.2. The molecule has 0 aliphatic heterocycles. The van der Waals surface area contributed by atoms with Crippen LogP contribution >= 0.6 is 63.7 Å². The fourth-order valence-electron chi connectivity index (χ4n) is 1.02. The van der Waals surface area contributed by atoms with Gasteiger partial charge in [0.25, 0.3) is 0 Å². The summed E-state index contributed by atoms with van der Waals surface area (Å²) in [5.74, 6) is 0. The fraction of sp³-hybridized carbons (Fsp3) is 0.250. The Morgan fingerprint density at radius 1 is 1.29 bits per heavy atom. The average Bonchev–Trinajstić information content (AvgIpc) is 2.21. The molecule has 0 spiro atoms. The predicted molar refractivity (Wildman–Crippen MR) is 90.7 cm³/mol. The van der Waals surface area contributed by atoms with E-state index in [4.69, 9.17) is 0 Å². The van der Waals surface area contributed by atoms with Crippen LogP contribution in [0.4, 0.5) is 0 Å². The van der Waals surface area contributed by atoms with Crippen molar-refractivity contribution in [1.29, 1.82) is 0 Å². The lowest BCUT2D eigenvalue weighted by Gasteiger charge is -2.08. The monoisotopic (exact) mass is 392 g/mol. The number of aryl methyl sites for hydroxylation is 1. The van der Waals surface area contributed by atoms with Gasteiger partial charge in [-0.3, -0.25) is 0 Å². The zero-order chi connectivity index (χ0) is 10.4. The number of halogens is 1. The lowest BCUT2D eigenvalue weighted by atomic mass is 10.2. The molecule has 1 aromatic rings. The molecule has 0 N–H and O–H groups in total. The third kappa shape index (κ3) is 5.99. The molecule has 0 nitrogen and oxygen atoms in total. The van der Waals surface area contributed by atoms with E-state index >= 15 is 0 Å². The molecule has 0 saturated carbocycles. The highest BCUT2D eigenvalue weighted by atomic mass is 127. The van der Waals surface area contributed by atoms with Gasteiger partial charge in [0.05, 0.1) is 0 Å². The quantitative estimate of drug-likeness (QED) is 0.484. The van der Waals surface area contributed by atoms with Crippen molar-refractivity contribution in [2.24, 2.45) is 0 Å². The Morgan fingerprint density at radius 2 is 1.93 bits per heavy atom. The number of rotatable bonds is 5. The molecule has 0 aromatic heterocycles. The Hall–Kier alpha value is 2.10. The van der Waals surface area contributed by atoms with Gasteiger partial charge in [0.1, 0.15) is 0 Å². The van der Waals surface area contributed by atoms with E-state index in [0.29, 0.717) is 0 Å². The third-order valence-corrected chi connectivity index (χ3v) is 19.2. The fourth-order valence-corrected chi connectivity index (χ4v) is 8.90. The highest BCUT2D eigenvalue weighted by Crippen LogP contribution is 2.77. The maximum absolute atomic E-state index is 3.00. The van der Waals surface area contributed by atoms with Gasteiger partial charge < -0.3 is 0 Å². The van der Waals surface area contributed by atoms with E-state index in [1.165, 1.54) is 21.7 Å². The molecule has 0 bridgehead atoms. The molecule has 0 fully saturated rings. The van der Waals surface area contributed by atoms with Crippen LogP contribution in [0.1, 0.15) is 5.56 Å². The second-order valence-electron chi connectivity index (χ2n) is 2.78. The van der Waals surface area contributed by atoms with E-state index in [-0.39, 0.29) is 6.99 Å². The number of hydrogen-bond acceptors (Lipinski definition) is 0. The average molecular weight is 392 g/mol. The van der Waals surface area contributed by atoms with Crippen LogP contribution < -0.4 is 0 Å². The molecule has 5 atom stereocenters. The van der Waals surface area contributed by atoms with Crippen molar-refractivity contribution in [3.05, 3.63) is 33.4 Å². The van der Waals surface area contributed by atoms with Crippen molar-refractivity contribution in [2.75, 3.05) is 6.16 Å². The van der Waals surface area contributed by atoms with Crippen LogP contribution in [-0.2, 0) is 6.42 Å². The largest absolute Gasteiger partial charge is 0.109 e. The molecule has 0 radical (unpaired) electrons. The van der Waals surface area contributed by atoms with Crippen LogP contribution in [0.2, 0.25) is 0 Å². The van der Waals surface area contributed by atoms with E-state index in [1.807, 2.05) is 0 Å². The van der Waals surface area contributed by atoms with Crippen molar-refractivity contribution in [3.8, 4) is 0 Å². The molecule has 78 valence electrons. The van der Waals surface area contributed by atoms with Gasteiger partial charge >= 0.3 is 0 Å². The lowest BCUT2D eigenvalue weighted by Crippen LogP contribution is -1.85. The van der Waals surface area contributed by atoms with Gasteiger partial charge in [-0.05, 0) is 59.9 Å². The highest BCUT2D eigenvalue weighted by Gasteiger charge is 1.98. The van der Waals surface area contributed by atoms with Crippen LogP contribution in [0.25, 0.3) is 0 Å². The van der Waals surface area contributed by atoms with Crippen LogP contribution in [0.5, 0.6) is 0 Å². The van der Waals surface area contributed by atoms with Crippen molar-refractivity contribution in [2.45, 2.75) is 6.42 Å². The molecular weight excluding hydrogens is 378 g/mol. The molecule has 6 heteroatoms. The summed E-state index contributed by atoms with van der Waals surface area (Å²) in [5, 5.41) is 0. The SMILES string of the molecule is PPP(P)PCCc1ccc(I)cc1. The van der Waals surface area contributed by atoms with Crippen molar-refractivity contribution in [1.82, 2.24) is 0 Å². The molecule has 0 heterocycles. The van der Waals surface area contributed by atoms with Gasteiger partial charge in [0.15, 0.2) is 0 Å². The molecule has 5 unspecified atom stereocenters. The molecule has 1 aromatic carbocycles. The van der Waals surface area contributed by atoms with Gasteiger partial charge in [-0.15, -0.1) is 17.9 Å². The van der Waals surface area contributed by atoms with Crippen molar-refractivity contribution < 1.29 is 0 Å². The summed E-state index contributed by atoms with van der Waals surface area (Å²) in [6, 6.07) is 8.89. The first-order chi connectivity index (χ1) is 6.72. The third-order valence-electron chi connectivity index (χ3n) is 1.75. The number of hydrogen-bond donors (Lipinski definition) is 0. The summed E-state index contributed by atoms with van der Waals surface area (Å²) >= 11 is 2.35. The minimum atomic E-state index is 0.253. The van der Waals surface area contributed by atoms with Crippen LogP contribution in [0, 0.1) is 3.57 Å². The van der Waals surface area contributed by atoms with Gasteiger partial charge in [0, 0.05) is 3.57 Å². The Morgan fingerprint density at radius 3 is 2.50 bits per heavy atom. The molecule has 1 rings (SSSR count). The summed E-state index contributed by atoms with van der Waals surface area (Å²) in [6.07, 6.45) is 2.61. The first-order valence-electron chi connectivity index (χ1n) is 4.21. The second-order valence-corrected chi connectivity index (χ2v) is 18.8. The highest BCUT2D eigenvalue weighted by molar-refractivity contribution is 14.1. The van der Waals surface area contributed by atoms with Gasteiger partial charge in [0.2, 0.25) is 0 Å². The van der Waals surface area contributed by atoms with E-state index in [1.54, 1.807) is 0 Å². The zero-order valence-corrected chi connectivity index (χ0v) is 15.1. The van der Waals surface area contributed by atoms with Gasteiger partial charge in [-0.2, -0.15) is 0 Å². The first-order valence-corrected chi connectivity index (χ1v) is 14.0. The number of benzene rings is 1. The van der Waals surface area contributed by atoms with Crippen LogP contribution in [-0.4, -0.2) is 6.16 Å². The summed E-state index contributed by atoms with van der Waals surface area (Å²) in [6.45, 7) is 0.253. The molecule has 0 aliphatic carbocycles. The smallest absolute Gasteiger partial charge is 0.0130 e. The summed E-state index contributed by atoms with van der Waals surface area (Å²) in [5.41, 5.74) is 1.48. The summed E-state index contributed by atoms with van der Waals surface area (Å²) in [4.78, 5) is 0. The molecule has 14 heavy (non-hydrogen) atoms. The summed E-state index contributed by atoms with van der Waals surface area (Å²) < 4.78 is 1.33. The maximum Gasteiger partial charge on any atom is 0.0130 e. The normalized spacial score (nSPS) is 14.5. The van der Waals surface area contributed by atoms with Gasteiger partial charge in [-0.1, -0.05) is 28.4 Å². The van der Waals surface area contributed by atoms with E-state index in [0.717, 1.165) is 16.2 Å². The Labute approximate surface area is 109 Å². The Bertz CT molecular complexity index is 263. The van der Waals surface area contributed by atoms with Crippen molar-refractivity contribution >= 4 is 63.7 Å². The maximum atomic E-state index is 3.00. The lowest BCUT2D eigenvalue weighted by molar-refractivity contribution is 1.16. The summed E-state index contributed by atoms with van der Waals surface area (Å²) in [7, 11) is 8.06. The van der Waals surface area contributed by atoms with Crippen molar-refractivity contribution in [3.63, 3.8) is 0 Å². The minimum absolute atomic E-state index is 0.253. The molecule has 0 saturated heterocycles. The second kappa shape index (κ2) is 8.23. The predicted octanol–water partition coefficient (Wildman–Crippen LogP) is 5.08. The standard InChI is InChI=1S/C8H14IP5/c9-8-3-1-7(2-4-8)5-6-12-14(11)13-10/h1-4,12-13H,5-6,10-11H2. The Balaban J connectivity index is 2.28. The van der Waals surface area contributed by atoms with Crippen LogP contribution in [0.3, 0.4) is 0 Å². The van der Waals surface area contributed by atoms with E-state index in [9.17, 15) is 0 Å². The zero-order valence-electron chi connectivity index (χ0n) is 7.70. The topological polar surface area (TPSA) is 0 Å². The van der Waals surface area contributed by atoms with E-state index < -0.39 is 0 Å².